The van der Waals surface area contributed by atoms with Crippen molar-refractivity contribution < 1.29 is 0 Å². The van der Waals surface area contributed by atoms with Crippen molar-refractivity contribution in [3.05, 3.63) is 47.9 Å². The molecule has 1 aromatic carbocycles. The minimum Gasteiger partial charge on any atom is -0.309 e. The van der Waals surface area contributed by atoms with Crippen molar-refractivity contribution in [1.82, 2.24) is 14.9 Å². The number of imidazole rings is 1. The molecule has 0 unspecified atom stereocenters. The van der Waals surface area contributed by atoms with Gasteiger partial charge in [0, 0.05) is 16.4 Å². The van der Waals surface area contributed by atoms with Gasteiger partial charge < -0.3 is 9.88 Å². The van der Waals surface area contributed by atoms with Crippen molar-refractivity contribution in [2.75, 3.05) is 6.54 Å². The third-order valence-electron chi connectivity index (χ3n) is 3.80. The van der Waals surface area contributed by atoms with E-state index in [-0.39, 0.29) is 0 Å². The lowest BCUT2D eigenvalue weighted by molar-refractivity contribution is 0.615. The maximum absolute atomic E-state index is 4.34. The van der Waals surface area contributed by atoms with E-state index in [1.54, 1.807) is 11.3 Å². The van der Waals surface area contributed by atoms with Crippen LogP contribution in [0.5, 0.6) is 0 Å². The fraction of sp³-hybridized carbons (Fsp3) is 0.267. The van der Waals surface area contributed by atoms with Gasteiger partial charge >= 0.3 is 0 Å². The van der Waals surface area contributed by atoms with Crippen molar-refractivity contribution in [1.29, 1.82) is 0 Å². The molecule has 1 fully saturated rings. The lowest BCUT2D eigenvalue weighted by Crippen LogP contribution is -2.16. The molecule has 3 heterocycles. The zero-order valence-corrected chi connectivity index (χ0v) is 11.4. The summed E-state index contributed by atoms with van der Waals surface area (Å²) in [5.41, 5.74) is 2.47. The third kappa shape index (κ3) is 1.88. The van der Waals surface area contributed by atoms with Crippen LogP contribution in [-0.4, -0.2) is 16.1 Å². The summed E-state index contributed by atoms with van der Waals surface area (Å²) in [6.07, 6.45) is 6.36. The van der Waals surface area contributed by atoms with Crippen LogP contribution in [-0.2, 0) is 0 Å². The zero-order chi connectivity index (χ0) is 12.7. The number of nitrogens with one attached hydrogen (secondary N) is 1. The summed E-state index contributed by atoms with van der Waals surface area (Å²) in [6, 6.07) is 9.24. The van der Waals surface area contributed by atoms with Crippen LogP contribution in [0.3, 0.4) is 0 Å². The Labute approximate surface area is 115 Å². The maximum atomic E-state index is 4.34. The lowest BCUT2D eigenvalue weighted by Gasteiger charge is -2.14. The summed E-state index contributed by atoms with van der Waals surface area (Å²) >= 11 is 1.79. The Morgan fingerprint density at radius 1 is 1.32 bits per heavy atom. The molecule has 1 N–H and O–H groups in total. The van der Waals surface area contributed by atoms with Gasteiger partial charge in [-0.1, -0.05) is 0 Å². The summed E-state index contributed by atoms with van der Waals surface area (Å²) in [4.78, 5) is 4.34. The Kier molecular flexibility index (Phi) is 2.64. The fourth-order valence-electron chi connectivity index (χ4n) is 2.82. The molecule has 0 bridgehead atoms. The van der Waals surface area contributed by atoms with Crippen molar-refractivity contribution in [2.24, 2.45) is 0 Å². The molecule has 96 valence electrons. The normalized spacial score (nSPS) is 19.3. The monoisotopic (exact) mass is 269 g/mol. The minimum absolute atomic E-state index is 0.445. The van der Waals surface area contributed by atoms with Crippen LogP contribution >= 0.6 is 11.3 Å². The number of thiophene rings is 1. The minimum atomic E-state index is 0.445. The van der Waals surface area contributed by atoms with Gasteiger partial charge in [-0.05, 0) is 54.4 Å². The van der Waals surface area contributed by atoms with Crippen LogP contribution in [0.15, 0.2) is 42.2 Å². The molecule has 0 amide bonds. The average molecular weight is 269 g/mol. The van der Waals surface area contributed by atoms with E-state index >= 15 is 0 Å². The molecule has 4 heteroatoms. The SMILES string of the molecule is c1cc2cc(-n3cncc3[C@@H]3CCCN3)ccc2s1. The largest absolute Gasteiger partial charge is 0.309 e. The Balaban J connectivity index is 1.80. The number of aromatic nitrogens is 2. The topological polar surface area (TPSA) is 29.9 Å². The van der Waals surface area contributed by atoms with E-state index in [0.29, 0.717) is 6.04 Å². The number of benzene rings is 1. The van der Waals surface area contributed by atoms with Crippen LogP contribution in [0.2, 0.25) is 0 Å². The molecule has 0 aliphatic carbocycles. The number of rotatable bonds is 2. The second kappa shape index (κ2) is 4.47. The van der Waals surface area contributed by atoms with E-state index in [0.717, 1.165) is 6.54 Å². The van der Waals surface area contributed by atoms with Crippen LogP contribution in [0.1, 0.15) is 24.6 Å². The summed E-state index contributed by atoms with van der Waals surface area (Å²) in [7, 11) is 0. The lowest BCUT2D eigenvalue weighted by atomic mass is 10.1. The standard InChI is InChI=1S/C15H15N3S/c1-2-13(17-6-1)14-9-16-10-18(14)12-3-4-15-11(8-12)5-7-19-15/h3-5,7-10,13,17H,1-2,6H2/t13-/m0/s1. The van der Waals surface area contributed by atoms with Gasteiger partial charge in [0.1, 0.15) is 0 Å². The molecule has 4 rings (SSSR count). The highest BCUT2D eigenvalue weighted by Gasteiger charge is 2.20. The first-order valence-corrected chi connectivity index (χ1v) is 7.53. The van der Waals surface area contributed by atoms with Gasteiger partial charge in [-0.25, -0.2) is 4.98 Å². The van der Waals surface area contributed by atoms with Crippen molar-refractivity contribution in [3.63, 3.8) is 0 Å². The first kappa shape index (κ1) is 11.2. The maximum Gasteiger partial charge on any atom is 0.0994 e. The molecule has 0 saturated carbocycles. The highest BCUT2D eigenvalue weighted by atomic mass is 32.1. The predicted molar refractivity (Wildman–Crippen MR) is 78.9 cm³/mol. The van der Waals surface area contributed by atoms with E-state index < -0.39 is 0 Å². The number of hydrogen-bond acceptors (Lipinski definition) is 3. The van der Waals surface area contributed by atoms with Crippen LogP contribution in [0.25, 0.3) is 15.8 Å². The molecule has 0 spiro atoms. The first-order chi connectivity index (χ1) is 9.42. The van der Waals surface area contributed by atoms with Gasteiger partial charge in [0.25, 0.3) is 0 Å². The number of fused-ring (bicyclic) bond motifs is 1. The second-order valence-corrected chi connectivity index (χ2v) is 5.93. The molecule has 1 aliphatic heterocycles. The van der Waals surface area contributed by atoms with Gasteiger partial charge in [-0.3, -0.25) is 0 Å². The zero-order valence-electron chi connectivity index (χ0n) is 10.5. The molecule has 19 heavy (non-hydrogen) atoms. The second-order valence-electron chi connectivity index (χ2n) is 4.98. The third-order valence-corrected chi connectivity index (χ3v) is 4.70. The Hall–Kier alpha value is -1.65. The highest BCUT2D eigenvalue weighted by molar-refractivity contribution is 7.17. The van der Waals surface area contributed by atoms with Crippen molar-refractivity contribution in [3.8, 4) is 5.69 Å². The van der Waals surface area contributed by atoms with E-state index in [4.69, 9.17) is 0 Å². The van der Waals surface area contributed by atoms with Crippen molar-refractivity contribution >= 4 is 21.4 Å². The van der Waals surface area contributed by atoms with Gasteiger partial charge in [0.15, 0.2) is 0 Å². The van der Waals surface area contributed by atoms with Gasteiger partial charge in [0.05, 0.1) is 18.2 Å². The highest BCUT2D eigenvalue weighted by Crippen LogP contribution is 2.28. The summed E-state index contributed by atoms with van der Waals surface area (Å²) < 4.78 is 3.55. The molecule has 1 saturated heterocycles. The molecule has 2 aromatic heterocycles. The van der Waals surface area contributed by atoms with E-state index in [1.165, 1.54) is 34.3 Å². The Morgan fingerprint density at radius 3 is 3.21 bits per heavy atom. The molecular formula is C15H15N3S. The Bertz CT molecular complexity index is 707. The van der Waals surface area contributed by atoms with Crippen LogP contribution in [0.4, 0.5) is 0 Å². The summed E-state index contributed by atoms with van der Waals surface area (Å²) in [5, 5.41) is 6.99. The van der Waals surface area contributed by atoms with E-state index in [2.05, 4.69) is 44.5 Å². The van der Waals surface area contributed by atoms with E-state index in [1.807, 2.05) is 12.5 Å². The molecule has 1 aliphatic rings. The molecule has 3 nitrogen and oxygen atoms in total. The van der Waals surface area contributed by atoms with Gasteiger partial charge in [-0.15, -0.1) is 11.3 Å². The molecule has 1 atom stereocenters. The van der Waals surface area contributed by atoms with Gasteiger partial charge in [-0.2, -0.15) is 0 Å². The molecule has 0 radical (unpaired) electrons. The van der Waals surface area contributed by atoms with Gasteiger partial charge in [0.2, 0.25) is 0 Å². The fourth-order valence-corrected chi connectivity index (χ4v) is 3.59. The number of hydrogen-bond donors (Lipinski definition) is 1. The van der Waals surface area contributed by atoms with Crippen LogP contribution < -0.4 is 5.32 Å². The first-order valence-electron chi connectivity index (χ1n) is 6.65. The molecular weight excluding hydrogens is 254 g/mol. The number of nitrogens with zero attached hydrogens (tertiary/aromatic N) is 2. The predicted octanol–water partition coefficient (Wildman–Crippen LogP) is 3.51. The Morgan fingerprint density at radius 2 is 2.32 bits per heavy atom. The van der Waals surface area contributed by atoms with Crippen LogP contribution in [0, 0.1) is 0 Å². The van der Waals surface area contributed by atoms with E-state index in [9.17, 15) is 0 Å². The average Bonchev–Trinajstić information content (AvgIpc) is 3.18. The van der Waals surface area contributed by atoms with Crippen molar-refractivity contribution in [2.45, 2.75) is 18.9 Å². The quantitative estimate of drug-likeness (QED) is 0.771. The summed E-state index contributed by atoms with van der Waals surface area (Å²) in [5.74, 6) is 0. The summed E-state index contributed by atoms with van der Waals surface area (Å²) in [6.45, 7) is 1.11. The molecule has 3 aromatic rings. The smallest absolute Gasteiger partial charge is 0.0994 e.